The van der Waals surface area contributed by atoms with Gasteiger partial charge in [0.05, 0.1) is 11.5 Å². The van der Waals surface area contributed by atoms with Crippen molar-refractivity contribution in [1.82, 2.24) is 0 Å². The van der Waals surface area contributed by atoms with Gasteiger partial charge in [-0.1, -0.05) is 39.0 Å². The minimum Gasteiger partial charge on any atom is -0.198 e. The van der Waals surface area contributed by atoms with Crippen LogP contribution < -0.4 is 0 Å². The maximum atomic E-state index is 9.29. The van der Waals surface area contributed by atoms with Gasteiger partial charge in [-0.3, -0.25) is 0 Å². The Hall–Kier alpha value is -0.510. The normalized spacial score (nSPS) is 39.9. The number of fused-ring (bicyclic) bond motifs is 1. The quantitative estimate of drug-likeness (QED) is 0.617. The largest absolute Gasteiger partial charge is 0.198 e. The molecule has 0 aromatic heterocycles. The van der Waals surface area contributed by atoms with Gasteiger partial charge in [-0.15, -0.1) is 0 Å². The monoisotopic (exact) mass is 247 g/mol. The van der Waals surface area contributed by atoms with E-state index in [9.17, 15) is 5.26 Å². The van der Waals surface area contributed by atoms with E-state index in [1.165, 1.54) is 57.8 Å². The summed E-state index contributed by atoms with van der Waals surface area (Å²) in [5.41, 5.74) is -0.00376. The summed E-state index contributed by atoms with van der Waals surface area (Å²) in [5.74, 6) is 2.82. The van der Waals surface area contributed by atoms with Crippen LogP contribution >= 0.6 is 0 Å². The van der Waals surface area contributed by atoms with E-state index in [-0.39, 0.29) is 5.41 Å². The first-order chi connectivity index (χ1) is 8.67. The number of hydrogen-bond donors (Lipinski definition) is 0. The molecule has 0 saturated heterocycles. The second-order valence-electron chi connectivity index (χ2n) is 7.11. The van der Waals surface area contributed by atoms with Crippen LogP contribution in [0.5, 0.6) is 0 Å². The summed E-state index contributed by atoms with van der Waals surface area (Å²) < 4.78 is 0. The van der Waals surface area contributed by atoms with E-state index in [2.05, 4.69) is 19.9 Å². The molecule has 2 fully saturated rings. The molecule has 2 saturated carbocycles. The Balaban J connectivity index is 1.81. The number of rotatable bonds is 4. The third-order valence-corrected chi connectivity index (χ3v) is 5.51. The van der Waals surface area contributed by atoms with Crippen molar-refractivity contribution in [1.29, 1.82) is 5.26 Å². The summed E-state index contributed by atoms with van der Waals surface area (Å²) in [6.07, 6.45) is 13.6. The van der Waals surface area contributed by atoms with E-state index in [1.54, 1.807) is 0 Å². The van der Waals surface area contributed by atoms with Crippen LogP contribution in [-0.4, -0.2) is 0 Å². The molecule has 0 aliphatic heterocycles. The fourth-order valence-corrected chi connectivity index (χ4v) is 4.28. The van der Waals surface area contributed by atoms with Gasteiger partial charge >= 0.3 is 0 Å². The van der Waals surface area contributed by atoms with E-state index in [0.717, 1.165) is 24.2 Å². The predicted octanol–water partition coefficient (Wildman–Crippen LogP) is 5.31. The fourth-order valence-electron chi connectivity index (χ4n) is 4.28. The topological polar surface area (TPSA) is 23.8 Å². The third-order valence-electron chi connectivity index (χ3n) is 5.51. The van der Waals surface area contributed by atoms with Crippen LogP contribution in [0.15, 0.2) is 0 Å². The number of unbranched alkanes of at least 4 members (excludes halogenated alkanes) is 2. The Bertz CT molecular complexity index is 303. The minimum absolute atomic E-state index is 0.00376. The van der Waals surface area contributed by atoms with Gasteiger partial charge in [0.2, 0.25) is 0 Å². The molecule has 2 aliphatic carbocycles. The van der Waals surface area contributed by atoms with E-state index < -0.39 is 0 Å². The first kappa shape index (κ1) is 13.9. The summed E-state index contributed by atoms with van der Waals surface area (Å²) in [6.45, 7) is 4.47. The molecule has 102 valence electrons. The lowest BCUT2D eigenvalue weighted by Gasteiger charge is -2.44. The molecule has 4 atom stereocenters. The molecule has 0 aromatic rings. The maximum Gasteiger partial charge on any atom is 0.0686 e. The van der Waals surface area contributed by atoms with Crippen molar-refractivity contribution in [3.8, 4) is 6.07 Å². The van der Waals surface area contributed by atoms with Gasteiger partial charge in [0.15, 0.2) is 0 Å². The smallest absolute Gasteiger partial charge is 0.0686 e. The second kappa shape index (κ2) is 6.09. The molecule has 0 amide bonds. The van der Waals surface area contributed by atoms with Gasteiger partial charge < -0.3 is 0 Å². The van der Waals surface area contributed by atoms with E-state index in [0.29, 0.717) is 0 Å². The molecule has 1 heteroatoms. The van der Waals surface area contributed by atoms with Crippen LogP contribution in [0.25, 0.3) is 0 Å². The predicted molar refractivity (Wildman–Crippen MR) is 76.0 cm³/mol. The van der Waals surface area contributed by atoms with Crippen molar-refractivity contribution in [3.63, 3.8) is 0 Å². The number of nitrogens with zero attached hydrogens (tertiary/aromatic N) is 1. The molecule has 0 spiro atoms. The summed E-state index contributed by atoms with van der Waals surface area (Å²) in [5, 5.41) is 9.29. The zero-order valence-corrected chi connectivity index (χ0v) is 12.3. The molecule has 18 heavy (non-hydrogen) atoms. The Labute approximate surface area is 113 Å². The summed E-state index contributed by atoms with van der Waals surface area (Å²) in [7, 11) is 0. The fraction of sp³-hybridized carbons (Fsp3) is 0.941. The SMILES string of the molecule is CCCCC[C@H]1CCC2C[C@@](C)(C#N)CC[C@H]2C1. The Morgan fingerprint density at radius 1 is 1.17 bits per heavy atom. The molecule has 1 nitrogen and oxygen atoms in total. The summed E-state index contributed by atoms with van der Waals surface area (Å²) >= 11 is 0. The van der Waals surface area contributed by atoms with Gasteiger partial charge in [0, 0.05) is 0 Å². The van der Waals surface area contributed by atoms with Crippen molar-refractivity contribution in [2.45, 2.75) is 78.1 Å². The van der Waals surface area contributed by atoms with Crippen molar-refractivity contribution in [2.24, 2.45) is 23.2 Å². The maximum absolute atomic E-state index is 9.29. The second-order valence-corrected chi connectivity index (χ2v) is 7.11. The Kier molecular flexibility index (Phi) is 4.71. The standard InChI is InChI=1S/C17H29N/c1-3-4-5-6-14-7-8-16-12-17(2,13-18)10-9-15(16)11-14/h14-16H,3-12H2,1-2H3/t14-,15-,16?,17-/m0/s1. The van der Waals surface area contributed by atoms with Crippen LogP contribution in [0.2, 0.25) is 0 Å². The van der Waals surface area contributed by atoms with Gasteiger partial charge in [0.1, 0.15) is 0 Å². The molecule has 0 N–H and O–H groups in total. The van der Waals surface area contributed by atoms with Crippen molar-refractivity contribution in [3.05, 3.63) is 0 Å². The average molecular weight is 247 g/mol. The van der Waals surface area contributed by atoms with Crippen LogP contribution in [-0.2, 0) is 0 Å². The van der Waals surface area contributed by atoms with Crippen molar-refractivity contribution >= 4 is 0 Å². The minimum atomic E-state index is -0.00376. The molecule has 2 rings (SSSR count). The highest BCUT2D eigenvalue weighted by Gasteiger charge is 2.40. The highest BCUT2D eigenvalue weighted by atomic mass is 14.5. The lowest BCUT2D eigenvalue weighted by Crippen LogP contribution is -2.35. The van der Waals surface area contributed by atoms with Crippen LogP contribution in [0.4, 0.5) is 0 Å². The van der Waals surface area contributed by atoms with Gasteiger partial charge in [-0.05, 0) is 56.8 Å². The number of nitriles is 1. The van der Waals surface area contributed by atoms with Gasteiger partial charge in [0.25, 0.3) is 0 Å². The average Bonchev–Trinajstić information content (AvgIpc) is 2.39. The van der Waals surface area contributed by atoms with E-state index in [1.807, 2.05) is 0 Å². The molecular weight excluding hydrogens is 218 g/mol. The third kappa shape index (κ3) is 3.28. The molecule has 1 unspecified atom stereocenters. The summed E-state index contributed by atoms with van der Waals surface area (Å²) in [6, 6.07) is 2.57. The van der Waals surface area contributed by atoms with E-state index in [4.69, 9.17) is 0 Å². The van der Waals surface area contributed by atoms with Crippen LogP contribution in [0.3, 0.4) is 0 Å². The molecular formula is C17H29N. The molecule has 0 heterocycles. The van der Waals surface area contributed by atoms with E-state index >= 15 is 0 Å². The first-order valence-electron chi connectivity index (χ1n) is 8.08. The first-order valence-corrected chi connectivity index (χ1v) is 8.08. The Morgan fingerprint density at radius 2 is 2.00 bits per heavy atom. The lowest BCUT2D eigenvalue weighted by atomic mass is 9.60. The van der Waals surface area contributed by atoms with Gasteiger partial charge in [-0.2, -0.15) is 5.26 Å². The molecule has 0 aromatic carbocycles. The molecule has 2 aliphatic rings. The molecule has 0 bridgehead atoms. The van der Waals surface area contributed by atoms with Gasteiger partial charge in [-0.25, -0.2) is 0 Å². The number of hydrogen-bond acceptors (Lipinski definition) is 1. The van der Waals surface area contributed by atoms with Crippen LogP contribution in [0, 0.1) is 34.5 Å². The Morgan fingerprint density at radius 3 is 2.72 bits per heavy atom. The zero-order valence-electron chi connectivity index (χ0n) is 12.3. The highest BCUT2D eigenvalue weighted by Crippen LogP contribution is 2.49. The van der Waals surface area contributed by atoms with Crippen molar-refractivity contribution < 1.29 is 0 Å². The lowest BCUT2D eigenvalue weighted by molar-refractivity contribution is 0.0749. The zero-order chi connectivity index (χ0) is 13.0. The summed E-state index contributed by atoms with van der Waals surface area (Å²) in [4.78, 5) is 0. The van der Waals surface area contributed by atoms with Crippen molar-refractivity contribution in [2.75, 3.05) is 0 Å². The highest BCUT2D eigenvalue weighted by molar-refractivity contribution is 5.01. The molecule has 0 radical (unpaired) electrons. The van der Waals surface area contributed by atoms with Crippen LogP contribution in [0.1, 0.15) is 78.1 Å².